The van der Waals surface area contributed by atoms with E-state index in [0.717, 1.165) is 5.52 Å². The maximum atomic E-state index is 4.11. The fraction of sp³-hybridized carbons (Fsp3) is 0.500. The van der Waals surface area contributed by atoms with Crippen LogP contribution in [0.25, 0.3) is 10.9 Å². The van der Waals surface area contributed by atoms with Crippen molar-refractivity contribution in [2.75, 3.05) is 16.8 Å². The van der Waals surface area contributed by atoms with Gasteiger partial charge >= 0.3 is 0 Å². The zero-order valence-corrected chi connectivity index (χ0v) is 11.7. The normalized spacial score (nSPS) is 23.1. The third-order valence-electron chi connectivity index (χ3n) is 3.45. The minimum Gasteiger partial charge on any atom is -0.380 e. The van der Waals surface area contributed by atoms with Crippen LogP contribution in [0.2, 0.25) is 0 Å². The number of rotatable bonds is 2. The maximum absolute atomic E-state index is 4.11. The van der Waals surface area contributed by atoms with Gasteiger partial charge in [-0.2, -0.15) is 16.9 Å². The number of thioether (sulfide) groups is 1. The molecule has 1 fully saturated rings. The lowest BCUT2D eigenvalue weighted by Crippen LogP contribution is -2.35. The Morgan fingerprint density at radius 1 is 1.44 bits per heavy atom. The Kier molecular flexibility index (Phi) is 2.98. The van der Waals surface area contributed by atoms with Crippen molar-refractivity contribution in [1.29, 1.82) is 0 Å². The molecule has 0 bridgehead atoms. The molecule has 1 atom stereocenters. The molecule has 2 N–H and O–H groups in total. The Morgan fingerprint density at radius 3 is 3.17 bits per heavy atom. The zero-order valence-electron chi connectivity index (χ0n) is 10.9. The fourth-order valence-electron chi connectivity index (χ4n) is 2.66. The summed E-state index contributed by atoms with van der Waals surface area (Å²) in [6, 6.07) is 6.85. The van der Waals surface area contributed by atoms with E-state index in [4.69, 9.17) is 0 Å². The summed E-state index contributed by atoms with van der Waals surface area (Å²) < 4.78 is 0. The molecule has 0 aliphatic carbocycles. The topological polar surface area (TPSA) is 40.7 Å². The Labute approximate surface area is 112 Å². The SMILES string of the molecule is CC1(C)CSCC(Nc2cccc3cn[nH]c23)C1. The molecular formula is C14H19N3S. The molecule has 3 rings (SSSR count). The molecule has 1 aliphatic rings. The second-order valence-corrected chi connectivity index (χ2v) is 6.89. The zero-order chi connectivity index (χ0) is 12.6. The van der Waals surface area contributed by atoms with E-state index in [0.29, 0.717) is 11.5 Å². The molecule has 18 heavy (non-hydrogen) atoms. The first-order valence-corrected chi connectivity index (χ1v) is 7.56. The van der Waals surface area contributed by atoms with Gasteiger partial charge in [0.1, 0.15) is 0 Å². The van der Waals surface area contributed by atoms with E-state index >= 15 is 0 Å². The van der Waals surface area contributed by atoms with Crippen molar-refractivity contribution < 1.29 is 0 Å². The Hall–Kier alpha value is -1.16. The number of anilines is 1. The second-order valence-electron chi connectivity index (χ2n) is 5.86. The summed E-state index contributed by atoms with van der Waals surface area (Å²) in [4.78, 5) is 0. The monoisotopic (exact) mass is 261 g/mol. The van der Waals surface area contributed by atoms with E-state index in [1.165, 1.54) is 29.0 Å². The van der Waals surface area contributed by atoms with Gasteiger partial charge in [0.25, 0.3) is 0 Å². The summed E-state index contributed by atoms with van der Waals surface area (Å²) in [5.74, 6) is 2.45. The summed E-state index contributed by atoms with van der Waals surface area (Å²) in [5.41, 5.74) is 2.72. The molecule has 0 amide bonds. The van der Waals surface area contributed by atoms with Crippen LogP contribution in [0.5, 0.6) is 0 Å². The number of H-pyrrole nitrogens is 1. The van der Waals surface area contributed by atoms with Crippen LogP contribution < -0.4 is 5.32 Å². The summed E-state index contributed by atoms with van der Waals surface area (Å²) in [5, 5.41) is 12.0. The molecule has 2 aromatic rings. The van der Waals surface area contributed by atoms with E-state index in [1.807, 2.05) is 18.0 Å². The van der Waals surface area contributed by atoms with Crippen LogP contribution in [0.4, 0.5) is 5.69 Å². The number of nitrogens with zero attached hydrogens (tertiary/aromatic N) is 1. The van der Waals surface area contributed by atoms with Crippen molar-refractivity contribution in [1.82, 2.24) is 10.2 Å². The van der Waals surface area contributed by atoms with E-state index in [1.54, 1.807) is 0 Å². The first-order chi connectivity index (χ1) is 8.64. The van der Waals surface area contributed by atoms with Crippen LogP contribution >= 0.6 is 11.8 Å². The lowest BCUT2D eigenvalue weighted by Gasteiger charge is -2.35. The van der Waals surface area contributed by atoms with Crippen LogP contribution in [0.1, 0.15) is 20.3 Å². The third kappa shape index (κ3) is 2.34. The van der Waals surface area contributed by atoms with E-state index in [9.17, 15) is 0 Å². The van der Waals surface area contributed by atoms with Gasteiger partial charge in [-0.05, 0) is 23.7 Å². The van der Waals surface area contributed by atoms with Gasteiger partial charge < -0.3 is 5.32 Å². The average molecular weight is 261 g/mol. The van der Waals surface area contributed by atoms with Crippen LogP contribution in [-0.4, -0.2) is 27.7 Å². The highest BCUT2D eigenvalue weighted by molar-refractivity contribution is 7.99. The van der Waals surface area contributed by atoms with Gasteiger partial charge in [-0.15, -0.1) is 0 Å². The first kappa shape index (κ1) is 11.9. The van der Waals surface area contributed by atoms with Crippen LogP contribution in [0.3, 0.4) is 0 Å². The minimum absolute atomic E-state index is 0.433. The quantitative estimate of drug-likeness (QED) is 0.869. The molecule has 4 heteroatoms. The molecule has 1 aromatic carbocycles. The number of benzene rings is 1. The second kappa shape index (κ2) is 4.50. The Bertz CT molecular complexity index is 547. The first-order valence-electron chi connectivity index (χ1n) is 6.40. The van der Waals surface area contributed by atoms with E-state index in [2.05, 4.69) is 47.6 Å². The third-order valence-corrected chi connectivity index (χ3v) is 5.07. The maximum Gasteiger partial charge on any atom is 0.0881 e. The standard InChI is InChI=1S/C14H19N3S/c1-14(2)6-11(8-18-9-14)16-12-5-3-4-10-7-15-17-13(10)12/h3-5,7,11,16H,6,8-9H2,1-2H3,(H,15,17). The number of hydrogen-bond acceptors (Lipinski definition) is 3. The van der Waals surface area contributed by atoms with Crippen LogP contribution in [0.15, 0.2) is 24.4 Å². The fourth-order valence-corrected chi connectivity index (χ4v) is 3.94. The number of nitrogens with one attached hydrogen (secondary N) is 2. The lowest BCUT2D eigenvalue weighted by molar-refractivity contribution is 0.358. The van der Waals surface area contributed by atoms with Crippen molar-refractivity contribution in [3.05, 3.63) is 24.4 Å². The molecule has 1 unspecified atom stereocenters. The van der Waals surface area contributed by atoms with Gasteiger partial charge in [-0.1, -0.05) is 26.0 Å². The van der Waals surface area contributed by atoms with Crippen molar-refractivity contribution in [3.63, 3.8) is 0 Å². The molecular weight excluding hydrogens is 242 g/mol. The predicted molar refractivity (Wildman–Crippen MR) is 79.2 cm³/mol. The van der Waals surface area contributed by atoms with Crippen molar-refractivity contribution in [2.24, 2.45) is 5.41 Å². The average Bonchev–Trinajstić information content (AvgIpc) is 2.77. The molecule has 3 nitrogen and oxygen atoms in total. The number of aromatic amines is 1. The summed E-state index contributed by atoms with van der Waals surface area (Å²) in [6.07, 6.45) is 3.10. The van der Waals surface area contributed by atoms with Crippen LogP contribution in [-0.2, 0) is 0 Å². The van der Waals surface area contributed by atoms with Gasteiger partial charge in [0, 0.05) is 17.2 Å². The Morgan fingerprint density at radius 2 is 2.33 bits per heavy atom. The molecule has 2 heterocycles. The molecule has 0 saturated carbocycles. The number of fused-ring (bicyclic) bond motifs is 1. The van der Waals surface area contributed by atoms with Gasteiger partial charge in [-0.3, -0.25) is 5.10 Å². The smallest absolute Gasteiger partial charge is 0.0881 e. The summed E-state index contributed by atoms with van der Waals surface area (Å²) in [6.45, 7) is 4.70. The number of para-hydroxylation sites is 1. The summed E-state index contributed by atoms with van der Waals surface area (Å²) in [7, 11) is 0. The van der Waals surface area contributed by atoms with Gasteiger partial charge in [0.05, 0.1) is 17.4 Å². The highest BCUT2D eigenvalue weighted by Crippen LogP contribution is 2.35. The molecule has 1 saturated heterocycles. The van der Waals surface area contributed by atoms with Crippen molar-refractivity contribution in [2.45, 2.75) is 26.3 Å². The lowest BCUT2D eigenvalue weighted by atomic mass is 9.87. The largest absolute Gasteiger partial charge is 0.380 e. The predicted octanol–water partition coefficient (Wildman–Crippen LogP) is 3.51. The molecule has 0 radical (unpaired) electrons. The van der Waals surface area contributed by atoms with Gasteiger partial charge in [0.2, 0.25) is 0 Å². The van der Waals surface area contributed by atoms with Crippen molar-refractivity contribution in [3.8, 4) is 0 Å². The van der Waals surface area contributed by atoms with Crippen molar-refractivity contribution >= 4 is 28.4 Å². The number of aromatic nitrogens is 2. The Balaban J connectivity index is 1.82. The minimum atomic E-state index is 0.433. The summed E-state index contributed by atoms with van der Waals surface area (Å²) >= 11 is 2.05. The highest BCUT2D eigenvalue weighted by Gasteiger charge is 2.28. The van der Waals surface area contributed by atoms with E-state index < -0.39 is 0 Å². The van der Waals surface area contributed by atoms with E-state index in [-0.39, 0.29) is 0 Å². The molecule has 96 valence electrons. The number of hydrogen-bond donors (Lipinski definition) is 2. The van der Waals surface area contributed by atoms with Gasteiger partial charge in [0.15, 0.2) is 0 Å². The molecule has 1 aliphatic heterocycles. The van der Waals surface area contributed by atoms with Gasteiger partial charge in [-0.25, -0.2) is 0 Å². The molecule has 1 aromatic heterocycles. The van der Waals surface area contributed by atoms with Crippen LogP contribution in [0, 0.1) is 5.41 Å². The molecule has 0 spiro atoms. The highest BCUT2D eigenvalue weighted by atomic mass is 32.2.